The van der Waals surface area contributed by atoms with Crippen molar-refractivity contribution in [1.82, 2.24) is 5.32 Å². The molecule has 0 saturated carbocycles. The summed E-state index contributed by atoms with van der Waals surface area (Å²) in [4.78, 5) is 11.4. The van der Waals surface area contributed by atoms with Gasteiger partial charge in [0.15, 0.2) is 0 Å². The minimum atomic E-state index is -4.32. The molecular weight excluding hydrogens is 291 g/mol. The van der Waals surface area contributed by atoms with E-state index in [9.17, 15) is 18.0 Å². The van der Waals surface area contributed by atoms with Crippen LogP contribution >= 0.6 is 0 Å². The van der Waals surface area contributed by atoms with E-state index in [0.29, 0.717) is 18.4 Å². The number of alkyl halides is 3. The number of aryl methyl sites for hydroxylation is 2. The fourth-order valence-electron chi connectivity index (χ4n) is 2.79. The zero-order valence-electron chi connectivity index (χ0n) is 13.4. The van der Waals surface area contributed by atoms with Crippen molar-refractivity contribution in [3.05, 3.63) is 34.9 Å². The predicted molar refractivity (Wildman–Crippen MR) is 81.7 cm³/mol. The smallest absolute Gasteiger partial charge is 0.349 e. The third-order valence-electron chi connectivity index (χ3n) is 3.49. The highest BCUT2D eigenvalue weighted by Gasteiger charge is 2.34. The monoisotopic (exact) mass is 315 g/mol. The second-order valence-electron chi connectivity index (χ2n) is 5.56. The Balaban J connectivity index is 3.32. The quantitative estimate of drug-likeness (QED) is 0.775. The van der Waals surface area contributed by atoms with Crippen LogP contribution in [0.1, 0.15) is 62.8 Å². The van der Waals surface area contributed by atoms with Crippen LogP contribution in [0.4, 0.5) is 13.2 Å². The summed E-state index contributed by atoms with van der Waals surface area (Å²) in [5, 5.41) is 2.49. The molecule has 0 heterocycles. The van der Waals surface area contributed by atoms with E-state index in [4.69, 9.17) is 0 Å². The lowest BCUT2D eigenvalue weighted by Crippen LogP contribution is -2.31. The second-order valence-corrected chi connectivity index (χ2v) is 5.56. The van der Waals surface area contributed by atoms with Crippen LogP contribution in [0.15, 0.2) is 18.2 Å². The van der Waals surface area contributed by atoms with Crippen molar-refractivity contribution in [2.45, 2.75) is 65.1 Å². The molecule has 0 aliphatic rings. The fourth-order valence-corrected chi connectivity index (χ4v) is 2.79. The largest absolute Gasteiger partial charge is 0.391 e. The lowest BCUT2D eigenvalue weighted by Gasteiger charge is -2.25. The Bertz CT molecular complexity index is 473. The van der Waals surface area contributed by atoms with Crippen LogP contribution in [0, 0.1) is 0 Å². The molecule has 5 heteroatoms. The van der Waals surface area contributed by atoms with Crippen LogP contribution in [-0.4, -0.2) is 12.1 Å². The Morgan fingerprint density at radius 2 is 1.64 bits per heavy atom. The van der Waals surface area contributed by atoms with Crippen molar-refractivity contribution >= 4 is 5.91 Å². The molecular formula is C17H24F3NO. The van der Waals surface area contributed by atoms with Gasteiger partial charge in [-0.3, -0.25) is 4.79 Å². The highest BCUT2D eigenvalue weighted by atomic mass is 19.4. The minimum absolute atomic E-state index is 0.442. The summed E-state index contributed by atoms with van der Waals surface area (Å²) in [6.45, 7) is 5.24. The zero-order valence-corrected chi connectivity index (χ0v) is 13.4. The minimum Gasteiger partial charge on any atom is -0.349 e. The van der Waals surface area contributed by atoms with Crippen LogP contribution in [0.25, 0.3) is 0 Å². The van der Waals surface area contributed by atoms with Crippen LogP contribution in [0.2, 0.25) is 0 Å². The molecule has 0 aliphatic carbocycles. The zero-order chi connectivity index (χ0) is 16.8. The van der Waals surface area contributed by atoms with Gasteiger partial charge in [-0.2, -0.15) is 13.2 Å². The summed E-state index contributed by atoms with van der Waals surface area (Å²) in [5.41, 5.74) is 2.45. The highest BCUT2D eigenvalue weighted by molar-refractivity contribution is 5.73. The molecule has 1 aromatic carbocycles. The molecule has 1 unspecified atom stereocenters. The Morgan fingerprint density at radius 3 is 2.00 bits per heavy atom. The first-order valence-corrected chi connectivity index (χ1v) is 7.73. The highest BCUT2D eigenvalue weighted by Crippen LogP contribution is 2.34. The van der Waals surface area contributed by atoms with E-state index < -0.39 is 24.5 Å². The van der Waals surface area contributed by atoms with E-state index in [1.165, 1.54) is 6.92 Å². The Labute approximate surface area is 130 Å². The first kappa shape index (κ1) is 18.5. The Hall–Kier alpha value is -1.52. The molecule has 0 radical (unpaired) electrons. The van der Waals surface area contributed by atoms with Gasteiger partial charge in [0.2, 0.25) is 5.91 Å². The van der Waals surface area contributed by atoms with Crippen molar-refractivity contribution in [1.29, 1.82) is 0 Å². The number of carbonyl (C=O) groups excluding carboxylic acids is 1. The summed E-state index contributed by atoms with van der Waals surface area (Å²) in [6, 6.07) is 4.60. The lowest BCUT2D eigenvalue weighted by molar-refractivity contribution is -0.142. The fraction of sp³-hybridized carbons (Fsp3) is 0.588. The molecule has 1 aromatic rings. The number of benzene rings is 1. The van der Waals surface area contributed by atoms with E-state index in [0.717, 1.165) is 24.0 Å². The number of rotatable bonds is 7. The third-order valence-corrected chi connectivity index (χ3v) is 3.49. The molecule has 1 amide bonds. The molecule has 1 rings (SSSR count). The molecule has 0 saturated heterocycles. The summed E-state index contributed by atoms with van der Waals surface area (Å²) < 4.78 is 38.8. The summed E-state index contributed by atoms with van der Waals surface area (Å²) >= 11 is 0. The van der Waals surface area contributed by atoms with Crippen LogP contribution in [0.3, 0.4) is 0 Å². The van der Waals surface area contributed by atoms with Crippen molar-refractivity contribution in [3.63, 3.8) is 0 Å². The normalized spacial score (nSPS) is 13.0. The molecule has 124 valence electrons. The van der Waals surface area contributed by atoms with E-state index in [2.05, 4.69) is 5.32 Å². The Kier molecular flexibility index (Phi) is 6.91. The van der Waals surface area contributed by atoms with Crippen molar-refractivity contribution in [3.8, 4) is 0 Å². The first-order chi connectivity index (χ1) is 10.3. The maximum atomic E-state index is 12.9. The number of halogens is 3. The van der Waals surface area contributed by atoms with Gasteiger partial charge >= 0.3 is 6.18 Å². The second kappa shape index (κ2) is 8.20. The van der Waals surface area contributed by atoms with Gasteiger partial charge in [-0.1, -0.05) is 44.9 Å². The van der Waals surface area contributed by atoms with Gasteiger partial charge in [-0.15, -0.1) is 0 Å². The molecule has 22 heavy (non-hydrogen) atoms. The molecule has 1 atom stereocenters. The number of amides is 1. The molecule has 1 N–H and O–H groups in total. The SMILES string of the molecule is CCCc1cccc(CCC)c1C(CC(F)(F)F)NC(C)=O. The van der Waals surface area contributed by atoms with Crippen LogP contribution in [0.5, 0.6) is 0 Å². The van der Waals surface area contributed by atoms with Crippen molar-refractivity contribution < 1.29 is 18.0 Å². The molecule has 0 fully saturated rings. The number of hydrogen-bond acceptors (Lipinski definition) is 1. The molecule has 0 aromatic heterocycles. The van der Waals surface area contributed by atoms with E-state index >= 15 is 0 Å². The Morgan fingerprint density at radius 1 is 1.14 bits per heavy atom. The third kappa shape index (κ3) is 5.70. The maximum Gasteiger partial charge on any atom is 0.391 e. The van der Waals surface area contributed by atoms with E-state index in [-0.39, 0.29) is 0 Å². The molecule has 0 bridgehead atoms. The summed E-state index contributed by atoms with van der Waals surface area (Å²) in [6.07, 6.45) is -2.25. The average molecular weight is 315 g/mol. The van der Waals surface area contributed by atoms with Crippen LogP contribution in [-0.2, 0) is 17.6 Å². The maximum absolute atomic E-state index is 12.9. The van der Waals surface area contributed by atoms with Gasteiger partial charge in [0.1, 0.15) is 0 Å². The van der Waals surface area contributed by atoms with Crippen molar-refractivity contribution in [2.24, 2.45) is 0 Å². The van der Waals surface area contributed by atoms with Crippen LogP contribution < -0.4 is 5.32 Å². The van der Waals surface area contributed by atoms with Gasteiger partial charge in [-0.25, -0.2) is 0 Å². The standard InChI is InChI=1S/C17H24F3NO/c1-4-7-13-9-6-10-14(8-5-2)16(13)15(21-12(3)22)11-17(18,19)20/h6,9-10,15H,4-5,7-8,11H2,1-3H3,(H,21,22). The van der Waals surface area contributed by atoms with Gasteiger partial charge in [0.25, 0.3) is 0 Å². The van der Waals surface area contributed by atoms with Crippen molar-refractivity contribution in [2.75, 3.05) is 0 Å². The van der Waals surface area contributed by atoms with E-state index in [1.807, 2.05) is 32.0 Å². The molecule has 0 aliphatic heterocycles. The number of hydrogen-bond donors (Lipinski definition) is 1. The summed E-state index contributed by atoms with van der Waals surface area (Å²) in [7, 11) is 0. The van der Waals surface area contributed by atoms with Gasteiger partial charge in [-0.05, 0) is 29.5 Å². The van der Waals surface area contributed by atoms with E-state index in [1.54, 1.807) is 0 Å². The number of carbonyl (C=O) groups is 1. The molecule has 2 nitrogen and oxygen atoms in total. The number of nitrogens with one attached hydrogen (secondary N) is 1. The van der Waals surface area contributed by atoms with Gasteiger partial charge in [0.05, 0.1) is 12.5 Å². The predicted octanol–water partition coefficient (Wildman–Crippen LogP) is 4.72. The van der Waals surface area contributed by atoms with Gasteiger partial charge < -0.3 is 5.32 Å². The summed E-state index contributed by atoms with van der Waals surface area (Å²) in [5.74, 6) is -0.442. The van der Waals surface area contributed by atoms with Gasteiger partial charge in [0, 0.05) is 6.92 Å². The topological polar surface area (TPSA) is 29.1 Å². The molecule has 0 spiro atoms. The lowest BCUT2D eigenvalue weighted by atomic mass is 9.88. The first-order valence-electron chi connectivity index (χ1n) is 7.73. The average Bonchev–Trinajstić information content (AvgIpc) is 2.36.